The molecular formula is C20H30N4O5. The molecule has 0 aromatic heterocycles. The topological polar surface area (TPSA) is 95.5 Å². The average molecular weight is 406 g/mol. The van der Waals surface area contributed by atoms with E-state index in [2.05, 4.69) is 26.5 Å². The lowest BCUT2D eigenvalue weighted by atomic mass is 9.94. The van der Waals surface area contributed by atoms with Crippen LogP contribution in [0.2, 0.25) is 0 Å². The molecule has 3 heterocycles. The van der Waals surface area contributed by atoms with Gasteiger partial charge in [0, 0.05) is 32.7 Å². The number of hydrogen-bond donors (Lipinski definition) is 3. The molecule has 4 rings (SSSR count). The van der Waals surface area contributed by atoms with Crippen LogP contribution < -0.4 is 20.3 Å². The number of carbonyl (C=O) groups is 1. The van der Waals surface area contributed by atoms with Crippen LogP contribution in [0.4, 0.5) is 10.5 Å². The smallest absolute Gasteiger partial charge is 0.315 e. The standard InChI is InChI=1S/C20H30N4O5/c1-3-21-20(26)22-16-15-12-28-19(29-15)17(18(16)25)24-10-8-23(9-11-24)13-6-4-5-7-14(13)27-2/h4-7,15-19,25H,3,8-12H2,1-2H3,(H2,21,22,26)/t15-,16-,17+,18-,19+/m0/s1. The van der Waals surface area contributed by atoms with Crippen LogP contribution in [0.1, 0.15) is 6.92 Å². The Balaban J connectivity index is 1.42. The molecule has 3 N–H and O–H groups in total. The summed E-state index contributed by atoms with van der Waals surface area (Å²) >= 11 is 0. The van der Waals surface area contributed by atoms with Crippen molar-refractivity contribution < 1.29 is 24.1 Å². The molecule has 9 heteroatoms. The summed E-state index contributed by atoms with van der Waals surface area (Å²) in [5.41, 5.74) is 1.07. The number of aliphatic hydroxyl groups excluding tert-OH is 1. The summed E-state index contributed by atoms with van der Waals surface area (Å²) in [6.45, 7) is 5.85. The molecule has 1 aromatic carbocycles. The van der Waals surface area contributed by atoms with Gasteiger partial charge in [-0.2, -0.15) is 0 Å². The molecule has 3 fully saturated rings. The molecular weight excluding hydrogens is 376 g/mol. The SMILES string of the molecule is CCNC(=O)N[C@@H]1[C@H](O)[C@@H](N2CCN(c3ccccc3OC)CC2)[C@@H]2OC[C@@H]1O2. The first-order chi connectivity index (χ1) is 14.1. The first kappa shape index (κ1) is 20.2. The summed E-state index contributed by atoms with van der Waals surface area (Å²) in [5.74, 6) is 0.857. The van der Waals surface area contributed by atoms with E-state index in [0.717, 1.165) is 37.6 Å². The van der Waals surface area contributed by atoms with Gasteiger partial charge in [0.25, 0.3) is 0 Å². The zero-order valence-electron chi connectivity index (χ0n) is 16.9. The van der Waals surface area contributed by atoms with E-state index in [0.29, 0.717) is 13.2 Å². The fraction of sp³-hybridized carbons (Fsp3) is 0.650. The van der Waals surface area contributed by atoms with Crippen molar-refractivity contribution in [1.29, 1.82) is 0 Å². The minimum absolute atomic E-state index is 0.301. The van der Waals surface area contributed by atoms with Gasteiger partial charge in [-0.15, -0.1) is 0 Å². The highest BCUT2D eigenvalue weighted by Crippen LogP contribution is 2.33. The predicted octanol–water partition coefficient (Wildman–Crippen LogP) is -0.0105. The Kier molecular flexibility index (Phi) is 6.09. The summed E-state index contributed by atoms with van der Waals surface area (Å²) in [7, 11) is 1.68. The van der Waals surface area contributed by atoms with Crippen molar-refractivity contribution in [3.05, 3.63) is 24.3 Å². The Morgan fingerprint density at radius 2 is 2.03 bits per heavy atom. The Morgan fingerprint density at radius 3 is 2.76 bits per heavy atom. The number of para-hydroxylation sites is 2. The number of rotatable bonds is 5. The summed E-state index contributed by atoms with van der Waals surface area (Å²) in [6.07, 6.45) is -1.56. The van der Waals surface area contributed by atoms with Crippen LogP contribution in [-0.2, 0) is 9.47 Å². The third-order valence-corrected chi connectivity index (χ3v) is 5.93. The number of nitrogens with zero attached hydrogens (tertiary/aromatic N) is 2. The van der Waals surface area contributed by atoms with Crippen molar-refractivity contribution in [1.82, 2.24) is 15.5 Å². The van der Waals surface area contributed by atoms with Crippen molar-refractivity contribution in [3.63, 3.8) is 0 Å². The largest absolute Gasteiger partial charge is 0.495 e. The van der Waals surface area contributed by atoms with E-state index in [9.17, 15) is 9.90 Å². The number of urea groups is 1. The Morgan fingerprint density at radius 1 is 1.28 bits per heavy atom. The van der Waals surface area contributed by atoms with E-state index < -0.39 is 18.4 Å². The lowest BCUT2D eigenvalue weighted by Gasteiger charge is -2.47. The van der Waals surface area contributed by atoms with E-state index in [-0.39, 0.29) is 18.2 Å². The number of aliphatic hydroxyl groups is 1. The van der Waals surface area contributed by atoms with Crippen molar-refractivity contribution in [2.24, 2.45) is 0 Å². The third kappa shape index (κ3) is 4.00. The van der Waals surface area contributed by atoms with Crippen LogP contribution in [0.3, 0.4) is 0 Å². The normalized spacial score (nSPS) is 32.1. The molecule has 2 bridgehead atoms. The number of piperazine rings is 1. The van der Waals surface area contributed by atoms with E-state index in [4.69, 9.17) is 14.2 Å². The van der Waals surface area contributed by atoms with E-state index in [1.54, 1.807) is 7.11 Å². The molecule has 1 aromatic rings. The maximum absolute atomic E-state index is 12.0. The van der Waals surface area contributed by atoms with Crippen molar-refractivity contribution >= 4 is 11.7 Å². The summed E-state index contributed by atoms with van der Waals surface area (Å²) < 4.78 is 17.3. The second-order valence-corrected chi connectivity index (χ2v) is 7.58. The molecule has 0 saturated carbocycles. The number of benzene rings is 1. The lowest BCUT2D eigenvalue weighted by molar-refractivity contribution is -0.181. The molecule has 3 aliphatic heterocycles. The number of carbonyl (C=O) groups excluding carboxylic acids is 1. The minimum Gasteiger partial charge on any atom is -0.495 e. The van der Waals surface area contributed by atoms with Gasteiger partial charge in [-0.3, -0.25) is 4.90 Å². The van der Waals surface area contributed by atoms with Crippen LogP contribution in [0.15, 0.2) is 24.3 Å². The first-order valence-corrected chi connectivity index (χ1v) is 10.2. The number of fused-ring (bicyclic) bond motifs is 2. The van der Waals surface area contributed by atoms with Crippen molar-refractivity contribution in [2.45, 2.75) is 37.5 Å². The van der Waals surface area contributed by atoms with Crippen molar-refractivity contribution in [2.75, 3.05) is 51.3 Å². The Hall–Kier alpha value is -2.07. The second-order valence-electron chi connectivity index (χ2n) is 7.58. The molecule has 3 saturated heterocycles. The number of nitrogens with one attached hydrogen (secondary N) is 2. The summed E-state index contributed by atoms with van der Waals surface area (Å²) in [5, 5.41) is 16.6. The maximum Gasteiger partial charge on any atom is 0.315 e. The van der Waals surface area contributed by atoms with Gasteiger partial charge in [-0.1, -0.05) is 12.1 Å². The Labute approximate surface area is 170 Å². The number of anilines is 1. The molecule has 160 valence electrons. The van der Waals surface area contributed by atoms with Crippen LogP contribution in [0, 0.1) is 0 Å². The quantitative estimate of drug-likeness (QED) is 0.633. The number of amides is 2. The molecule has 3 aliphatic rings. The molecule has 2 amide bonds. The van der Waals surface area contributed by atoms with E-state index in [1.807, 2.05) is 25.1 Å². The fourth-order valence-corrected chi connectivity index (χ4v) is 4.48. The van der Waals surface area contributed by atoms with Crippen LogP contribution in [0.25, 0.3) is 0 Å². The van der Waals surface area contributed by atoms with E-state index >= 15 is 0 Å². The van der Waals surface area contributed by atoms with Gasteiger partial charge in [0.15, 0.2) is 6.29 Å². The summed E-state index contributed by atoms with van der Waals surface area (Å²) in [6, 6.07) is 6.87. The van der Waals surface area contributed by atoms with Gasteiger partial charge in [-0.05, 0) is 19.1 Å². The first-order valence-electron chi connectivity index (χ1n) is 10.2. The van der Waals surface area contributed by atoms with Gasteiger partial charge in [0.2, 0.25) is 0 Å². The van der Waals surface area contributed by atoms with Crippen LogP contribution >= 0.6 is 0 Å². The number of ether oxygens (including phenoxy) is 3. The highest BCUT2D eigenvalue weighted by molar-refractivity contribution is 5.74. The zero-order chi connectivity index (χ0) is 20.4. The highest BCUT2D eigenvalue weighted by atomic mass is 16.7. The van der Waals surface area contributed by atoms with Crippen LogP contribution in [-0.4, -0.2) is 93.1 Å². The Bertz CT molecular complexity index is 712. The molecule has 0 aliphatic carbocycles. The molecule has 29 heavy (non-hydrogen) atoms. The molecule has 0 radical (unpaired) electrons. The van der Waals surface area contributed by atoms with Gasteiger partial charge in [-0.25, -0.2) is 4.79 Å². The van der Waals surface area contributed by atoms with Gasteiger partial charge in [0.05, 0.1) is 37.6 Å². The maximum atomic E-state index is 12.0. The van der Waals surface area contributed by atoms with Gasteiger partial charge >= 0.3 is 6.03 Å². The molecule has 9 nitrogen and oxygen atoms in total. The zero-order valence-corrected chi connectivity index (χ0v) is 16.9. The predicted molar refractivity (Wildman–Crippen MR) is 107 cm³/mol. The minimum atomic E-state index is -0.762. The number of hydrogen-bond acceptors (Lipinski definition) is 7. The molecule has 0 spiro atoms. The van der Waals surface area contributed by atoms with Gasteiger partial charge in [0.1, 0.15) is 11.9 Å². The van der Waals surface area contributed by atoms with Gasteiger partial charge < -0.3 is 34.9 Å². The average Bonchev–Trinajstić information content (AvgIpc) is 3.17. The highest BCUT2D eigenvalue weighted by Gasteiger charge is 2.52. The molecule has 0 unspecified atom stereocenters. The summed E-state index contributed by atoms with van der Waals surface area (Å²) in [4.78, 5) is 16.5. The number of methoxy groups -OCH3 is 1. The second kappa shape index (κ2) is 8.74. The third-order valence-electron chi connectivity index (χ3n) is 5.93. The lowest BCUT2D eigenvalue weighted by Crippen LogP contribution is -2.67. The van der Waals surface area contributed by atoms with Crippen molar-refractivity contribution in [3.8, 4) is 5.75 Å². The monoisotopic (exact) mass is 406 g/mol. The molecule has 5 atom stereocenters. The van der Waals surface area contributed by atoms with Crippen LogP contribution in [0.5, 0.6) is 5.75 Å². The fourth-order valence-electron chi connectivity index (χ4n) is 4.48. The van der Waals surface area contributed by atoms with E-state index in [1.165, 1.54) is 0 Å².